The van der Waals surface area contributed by atoms with Gasteiger partial charge in [0.1, 0.15) is 48.9 Å². The summed E-state index contributed by atoms with van der Waals surface area (Å²) in [4.78, 5) is 14.5. The summed E-state index contributed by atoms with van der Waals surface area (Å²) >= 11 is 0. The van der Waals surface area contributed by atoms with Gasteiger partial charge in [0.15, 0.2) is 12.4 Å². The van der Waals surface area contributed by atoms with Crippen molar-refractivity contribution in [3.63, 3.8) is 0 Å². The van der Waals surface area contributed by atoms with Crippen LogP contribution < -0.4 is 11.1 Å². The van der Waals surface area contributed by atoms with Crippen LogP contribution in [0.4, 0.5) is 0 Å². The highest BCUT2D eigenvalue weighted by Crippen LogP contribution is 2.42. The summed E-state index contributed by atoms with van der Waals surface area (Å²) in [5.74, 6) is 1.81. The zero-order valence-corrected chi connectivity index (χ0v) is 18.4. The maximum absolute atomic E-state index is 10.7. The SMILES string of the molecule is CC1CCC[C@H]1C1OC1NCCCOC1C(O)[C@@H](CO)O[C@H]1N1C=NC2C(N)=NC=NC21. The van der Waals surface area contributed by atoms with Crippen molar-refractivity contribution in [2.45, 2.75) is 81.7 Å². The number of epoxide rings is 1. The smallest absolute Gasteiger partial charge is 0.162 e. The van der Waals surface area contributed by atoms with E-state index in [1.807, 2.05) is 0 Å². The summed E-state index contributed by atoms with van der Waals surface area (Å²) < 4.78 is 17.8. The van der Waals surface area contributed by atoms with E-state index in [-0.39, 0.29) is 18.9 Å². The minimum Gasteiger partial charge on any atom is -0.394 e. The molecule has 0 amide bonds. The predicted octanol–water partition coefficient (Wildman–Crippen LogP) is -0.972. The predicted molar refractivity (Wildman–Crippen MR) is 117 cm³/mol. The van der Waals surface area contributed by atoms with Crippen LogP contribution in [-0.2, 0) is 14.2 Å². The van der Waals surface area contributed by atoms with Crippen molar-refractivity contribution >= 4 is 18.5 Å². The molecule has 178 valence electrons. The standard InChI is InChI=1S/C21H34N6O5/c1-11-4-2-5-12(11)16-20(32-16)23-6-3-7-30-17-15(29)13(8-28)31-21(17)27-10-26-14-18(22)24-9-25-19(14)27/h9-17,19-21,23,28-29H,2-8H2,1H3,(H2,22,24,25)/t11?,12-,13-,14?,15?,16?,17?,19?,20?,21-/m1/s1. The number of ether oxygens (including phenoxy) is 3. The average molecular weight is 451 g/mol. The van der Waals surface area contributed by atoms with E-state index in [4.69, 9.17) is 19.9 Å². The highest BCUT2D eigenvalue weighted by atomic mass is 16.6. The minimum absolute atomic E-state index is 0.154. The molecule has 0 aromatic heterocycles. The summed E-state index contributed by atoms with van der Waals surface area (Å²) in [5, 5.41) is 23.7. The van der Waals surface area contributed by atoms with Crippen molar-refractivity contribution in [1.82, 2.24) is 10.2 Å². The van der Waals surface area contributed by atoms with E-state index in [0.29, 0.717) is 24.5 Å². The lowest BCUT2D eigenvalue weighted by molar-refractivity contribution is -0.0953. The molecule has 0 aromatic carbocycles. The molecule has 0 bridgehead atoms. The Bertz CT molecular complexity index is 765. The van der Waals surface area contributed by atoms with E-state index in [0.717, 1.165) is 18.9 Å². The normalized spacial score (nSPS) is 44.8. The number of aliphatic hydroxyl groups excluding tert-OH is 2. The molecule has 32 heavy (non-hydrogen) atoms. The van der Waals surface area contributed by atoms with Gasteiger partial charge in [-0.25, -0.2) is 9.98 Å². The first-order chi connectivity index (χ1) is 15.6. The highest BCUT2D eigenvalue weighted by molar-refractivity contribution is 5.96. The molecule has 5 N–H and O–H groups in total. The van der Waals surface area contributed by atoms with Crippen LogP contribution in [0.3, 0.4) is 0 Å². The van der Waals surface area contributed by atoms with Gasteiger partial charge in [-0.3, -0.25) is 10.3 Å². The highest BCUT2D eigenvalue weighted by Gasteiger charge is 2.51. The van der Waals surface area contributed by atoms with Crippen molar-refractivity contribution in [3.05, 3.63) is 0 Å². The quantitative estimate of drug-likeness (QED) is 0.259. The van der Waals surface area contributed by atoms with Crippen molar-refractivity contribution in [1.29, 1.82) is 0 Å². The van der Waals surface area contributed by atoms with Gasteiger partial charge < -0.3 is 35.1 Å². The maximum atomic E-state index is 10.7. The Morgan fingerprint density at radius 3 is 2.97 bits per heavy atom. The molecule has 11 nitrogen and oxygen atoms in total. The molecule has 11 heteroatoms. The van der Waals surface area contributed by atoms with Crippen LogP contribution in [0.25, 0.3) is 0 Å². The van der Waals surface area contributed by atoms with Crippen LogP contribution >= 0.6 is 0 Å². The monoisotopic (exact) mass is 450 g/mol. The fourth-order valence-electron chi connectivity index (χ4n) is 5.41. The first kappa shape index (κ1) is 22.2. The number of aliphatic hydroxyl groups is 2. The molecule has 4 heterocycles. The van der Waals surface area contributed by atoms with E-state index < -0.39 is 30.7 Å². The van der Waals surface area contributed by atoms with Crippen LogP contribution in [0, 0.1) is 11.8 Å². The Kier molecular flexibility index (Phi) is 6.46. The van der Waals surface area contributed by atoms with Gasteiger partial charge in [-0.1, -0.05) is 19.8 Å². The number of hydrogen-bond donors (Lipinski definition) is 4. The number of hydrogen-bond acceptors (Lipinski definition) is 11. The minimum atomic E-state index is -0.955. The van der Waals surface area contributed by atoms with Crippen molar-refractivity contribution < 1.29 is 24.4 Å². The molecule has 0 spiro atoms. The van der Waals surface area contributed by atoms with Crippen LogP contribution in [-0.4, -0.2) is 102 Å². The van der Waals surface area contributed by atoms with E-state index in [1.165, 1.54) is 25.6 Å². The summed E-state index contributed by atoms with van der Waals surface area (Å²) in [6.45, 7) is 3.23. The van der Waals surface area contributed by atoms with Crippen LogP contribution in [0.1, 0.15) is 32.6 Å². The van der Waals surface area contributed by atoms with E-state index in [2.05, 4.69) is 27.2 Å². The Balaban J connectivity index is 1.10. The molecule has 5 aliphatic rings. The van der Waals surface area contributed by atoms with E-state index >= 15 is 0 Å². The molecule has 0 aromatic rings. The summed E-state index contributed by atoms with van der Waals surface area (Å²) in [6, 6.07) is -0.382. The molecular weight excluding hydrogens is 416 g/mol. The van der Waals surface area contributed by atoms with Gasteiger partial charge in [0.2, 0.25) is 0 Å². The van der Waals surface area contributed by atoms with Gasteiger partial charge in [0.25, 0.3) is 0 Å². The van der Waals surface area contributed by atoms with Gasteiger partial charge >= 0.3 is 0 Å². The second kappa shape index (κ2) is 9.32. The number of nitrogens with one attached hydrogen (secondary N) is 1. The van der Waals surface area contributed by atoms with Gasteiger partial charge in [0, 0.05) is 6.61 Å². The summed E-state index contributed by atoms with van der Waals surface area (Å²) in [5.41, 5.74) is 5.94. The lowest BCUT2D eigenvalue weighted by Gasteiger charge is -2.33. The summed E-state index contributed by atoms with van der Waals surface area (Å²) in [7, 11) is 0. The number of fused-ring (bicyclic) bond motifs is 1. The van der Waals surface area contributed by atoms with Crippen molar-refractivity contribution in [2.75, 3.05) is 19.8 Å². The third kappa shape index (κ3) is 4.17. The topological polar surface area (TPSA) is 150 Å². The molecule has 10 atom stereocenters. The Labute approximate surface area is 187 Å². The van der Waals surface area contributed by atoms with E-state index in [1.54, 1.807) is 11.2 Å². The number of nitrogens with two attached hydrogens (primary N) is 1. The van der Waals surface area contributed by atoms with Crippen LogP contribution in [0.15, 0.2) is 15.0 Å². The van der Waals surface area contributed by atoms with Gasteiger partial charge in [-0.15, -0.1) is 0 Å². The molecule has 1 aliphatic carbocycles. The number of amidine groups is 1. The Morgan fingerprint density at radius 1 is 1.31 bits per heavy atom. The Morgan fingerprint density at radius 2 is 2.19 bits per heavy atom. The average Bonchev–Trinajstić information content (AvgIpc) is 3.09. The fourth-order valence-corrected chi connectivity index (χ4v) is 5.41. The van der Waals surface area contributed by atoms with Crippen LogP contribution in [0.2, 0.25) is 0 Å². The fraction of sp³-hybridized carbons (Fsp3) is 0.857. The second-order valence-corrected chi connectivity index (χ2v) is 9.36. The largest absolute Gasteiger partial charge is 0.394 e. The second-order valence-electron chi connectivity index (χ2n) is 9.36. The molecule has 2 saturated heterocycles. The van der Waals surface area contributed by atoms with Crippen molar-refractivity contribution in [3.8, 4) is 0 Å². The maximum Gasteiger partial charge on any atom is 0.162 e. The molecule has 3 fully saturated rings. The Hall–Kier alpha value is -1.63. The molecule has 0 radical (unpaired) electrons. The van der Waals surface area contributed by atoms with Gasteiger partial charge in [0.05, 0.1) is 12.9 Å². The van der Waals surface area contributed by atoms with Gasteiger partial charge in [-0.2, -0.15) is 0 Å². The molecule has 7 unspecified atom stereocenters. The number of aliphatic imine (C=N–C) groups is 3. The third-order valence-electron chi connectivity index (χ3n) is 7.32. The van der Waals surface area contributed by atoms with E-state index in [9.17, 15) is 10.2 Å². The zero-order chi connectivity index (χ0) is 22.2. The molecule has 1 saturated carbocycles. The molecule has 4 aliphatic heterocycles. The third-order valence-corrected chi connectivity index (χ3v) is 7.32. The molecule has 5 rings (SSSR count). The summed E-state index contributed by atoms with van der Waals surface area (Å²) in [6.07, 6.45) is 4.83. The number of nitrogens with zero attached hydrogens (tertiary/aromatic N) is 4. The van der Waals surface area contributed by atoms with Gasteiger partial charge in [-0.05, 0) is 31.2 Å². The number of rotatable bonds is 9. The molecular formula is C21H34N6O5. The van der Waals surface area contributed by atoms with Crippen LogP contribution in [0.5, 0.6) is 0 Å². The first-order valence-corrected chi connectivity index (χ1v) is 11.7. The lowest BCUT2D eigenvalue weighted by atomic mass is 9.94. The lowest BCUT2D eigenvalue weighted by Crippen LogP contribution is -2.52. The van der Waals surface area contributed by atoms with Crippen molar-refractivity contribution in [2.24, 2.45) is 32.5 Å². The first-order valence-electron chi connectivity index (χ1n) is 11.7. The zero-order valence-electron chi connectivity index (χ0n) is 18.4.